The molecule has 0 aliphatic carbocycles. The summed E-state index contributed by atoms with van der Waals surface area (Å²) in [6.45, 7) is 4.00. The van der Waals surface area contributed by atoms with Crippen molar-refractivity contribution in [2.45, 2.75) is 32.6 Å². The number of hydrogen-bond acceptors (Lipinski definition) is 5. The molecule has 0 unspecified atom stereocenters. The van der Waals surface area contributed by atoms with Gasteiger partial charge in [-0.3, -0.25) is 4.79 Å². The zero-order valence-electron chi connectivity index (χ0n) is 12.5. The topological polar surface area (TPSA) is 61.4 Å². The Bertz CT molecular complexity index is 469. The molecule has 1 aliphatic heterocycles. The predicted octanol–water partition coefficient (Wildman–Crippen LogP) is 1.88. The normalized spacial score (nSPS) is 14.4. The molecule has 1 N–H and O–H groups in total. The van der Waals surface area contributed by atoms with Gasteiger partial charge in [-0.25, -0.2) is 4.98 Å². The number of aromatic nitrogens is 2. The molecule has 1 aliphatic rings. The molecule has 0 spiro atoms. The minimum absolute atomic E-state index is 0.00752. The van der Waals surface area contributed by atoms with E-state index < -0.39 is 0 Å². The Morgan fingerprint density at radius 3 is 2.70 bits per heavy atom. The smallest absolute Gasteiger partial charge is 0.227 e. The average molecular weight is 277 g/mol. The van der Waals surface area contributed by atoms with Crippen molar-refractivity contribution in [1.29, 1.82) is 0 Å². The van der Waals surface area contributed by atoms with Gasteiger partial charge in [0.2, 0.25) is 11.9 Å². The molecule has 0 radical (unpaired) electrons. The molecule has 20 heavy (non-hydrogen) atoms. The van der Waals surface area contributed by atoms with Crippen LogP contribution in [0.15, 0.2) is 6.20 Å². The maximum Gasteiger partial charge on any atom is 0.227 e. The van der Waals surface area contributed by atoms with E-state index in [-0.39, 0.29) is 5.91 Å². The SMILES string of the molecule is CCCC(=O)Nc1cnc(N2CCCC2)nc1N(C)C. The van der Waals surface area contributed by atoms with Crippen molar-refractivity contribution in [3.05, 3.63) is 6.20 Å². The number of carbonyl (C=O) groups is 1. The van der Waals surface area contributed by atoms with Gasteiger partial charge in [-0.1, -0.05) is 6.92 Å². The van der Waals surface area contributed by atoms with E-state index in [1.54, 1.807) is 6.20 Å². The van der Waals surface area contributed by atoms with Crippen molar-refractivity contribution >= 4 is 23.4 Å². The average Bonchev–Trinajstić information content (AvgIpc) is 2.93. The molecule has 0 aromatic carbocycles. The minimum atomic E-state index is 0.00752. The molecule has 0 bridgehead atoms. The van der Waals surface area contributed by atoms with E-state index in [9.17, 15) is 4.79 Å². The highest BCUT2D eigenvalue weighted by atomic mass is 16.1. The molecule has 6 heteroatoms. The van der Waals surface area contributed by atoms with Crippen LogP contribution >= 0.6 is 0 Å². The summed E-state index contributed by atoms with van der Waals surface area (Å²) in [5, 5.41) is 2.89. The van der Waals surface area contributed by atoms with Gasteiger partial charge in [0.05, 0.1) is 6.20 Å². The Hall–Kier alpha value is -1.85. The van der Waals surface area contributed by atoms with Crippen LogP contribution in [0.3, 0.4) is 0 Å². The highest BCUT2D eigenvalue weighted by Crippen LogP contribution is 2.25. The molecule has 0 saturated carbocycles. The Morgan fingerprint density at radius 2 is 2.10 bits per heavy atom. The first-order valence-electron chi connectivity index (χ1n) is 7.21. The number of hydrogen-bond donors (Lipinski definition) is 1. The van der Waals surface area contributed by atoms with Crippen LogP contribution in [0.25, 0.3) is 0 Å². The first-order chi connectivity index (χ1) is 9.61. The maximum atomic E-state index is 11.7. The third-order valence-electron chi connectivity index (χ3n) is 3.32. The van der Waals surface area contributed by atoms with E-state index in [0.717, 1.165) is 31.3 Å². The molecule has 2 rings (SSSR count). The summed E-state index contributed by atoms with van der Waals surface area (Å²) < 4.78 is 0. The molecule has 1 saturated heterocycles. The summed E-state index contributed by atoms with van der Waals surface area (Å²) in [7, 11) is 3.84. The third kappa shape index (κ3) is 3.37. The number of rotatable bonds is 5. The monoisotopic (exact) mass is 277 g/mol. The van der Waals surface area contributed by atoms with Gasteiger partial charge in [-0.2, -0.15) is 4.98 Å². The maximum absolute atomic E-state index is 11.7. The van der Waals surface area contributed by atoms with Gasteiger partial charge in [-0.15, -0.1) is 0 Å². The molecule has 0 atom stereocenters. The zero-order chi connectivity index (χ0) is 14.5. The van der Waals surface area contributed by atoms with Gasteiger partial charge in [-0.05, 0) is 19.3 Å². The van der Waals surface area contributed by atoms with Crippen LogP contribution in [-0.4, -0.2) is 43.1 Å². The van der Waals surface area contributed by atoms with Gasteiger partial charge < -0.3 is 15.1 Å². The molecule has 2 heterocycles. The van der Waals surface area contributed by atoms with Gasteiger partial charge >= 0.3 is 0 Å². The van der Waals surface area contributed by atoms with Crippen molar-refractivity contribution in [3.63, 3.8) is 0 Å². The fourth-order valence-electron chi connectivity index (χ4n) is 2.30. The van der Waals surface area contributed by atoms with Gasteiger partial charge in [0.15, 0.2) is 5.82 Å². The first kappa shape index (κ1) is 14.6. The second-order valence-corrected chi connectivity index (χ2v) is 5.29. The van der Waals surface area contributed by atoms with Crippen molar-refractivity contribution < 1.29 is 4.79 Å². The fourth-order valence-corrected chi connectivity index (χ4v) is 2.30. The summed E-state index contributed by atoms with van der Waals surface area (Å²) in [5.41, 5.74) is 0.677. The van der Waals surface area contributed by atoms with E-state index in [0.29, 0.717) is 12.1 Å². The lowest BCUT2D eigenvalue weighted by Crippen LogP contribution is -2.23. The van der Waals surface area contributed by atoms with Crippen molar-refractivity contribution in [1.82, 2.24) is 9.97 Å². The first-order valence-corrected chi connectivity index (χ1v) is 7.21. The van der Waals surface area contributed by atoms with Crippen molar-refractivity contribution in [3.8, 4) is 0 Å². The molecule has 110 valence electrons. The summed E-state index contributed by atoms with van der Waals surface area (Å²) in [4.78, 5) is 24.8. The number of amides is 1. The largest absolute Gasteiger partial charge is 0.361 e. The van der Waals surface area contributed by atoms with E-state index in [1.165, 1.54) is 12.8 Å². The second kappa shape index (κ2) is 6.54. The van der Waals surface area contributed by atoms with E-state index in [4.69, 9.17) is 0 Å². The lowest BCUT2D eigenvalue weighted by molar-refractivity contribution is -0.116. The van der Waals surface area contributed by atoms with Crippen LogP contribution in [0.1, 0.15) is 32.6 Å². The Morgan fingerprint density at radius 1 is 1.40 bits per heavy atom. The molecular formula is C14H23N5O. The van der Waals surface area contributed by atoms with Gasteiger partial charge in [0, 0.05) is 33.6 Å². The van der Waals surface area contributed by atoms with Crippen LogP contribution in [0, 0.1) is 0 Å². The Kier molecular flexibility index (Phi) is 4.76. The minimum Gasteiger partial charge on any atom is -0.361 e. The van der Waals surface area contributed by atoms with Crippen LogP contribution in [0.5, 0.6) is 0 Å². The molecule has 1 fully saturated rings. The Labute approximate surface area is 120 Å². The number of nitrogens with one attached hydrogen (secondary N) is 1. The lowest BCUT2D eigenvalue weighted by Gasteiger charge is -2.20. The highest BCUT2D eigenvalue weighted by molar-refractivity contribution is 5.93. The lowest BCUT2D eigenvalue weighted by atomic mass is 10.3. The zero-order valence-corrected chi connectivity index (χ0v) is 12.5. The summed E-state index contributed by atoms with van der Waals surface area (Å²) in [6, 6.07) is 0. The second-order valence-electron chi connectivity index (χ2n) is 5.29. The summed E-state index contributed by atoms with van der Waals surface area (Å²) >= 11 is 0. The van der Waals surface area contributed by atoms with Crippen LogP contribution in [0.4, 0.5) is 17.5 Å². The third-order valence-corrected chi connectivity index (χ3v) is 3.32. The van der Waals surface area contributed by atoms with Crippen LogP contribution < -0.4 is 15.1 Å². The van der Waals surface area contributed by atoms with E-state index in [2.05, 4.69) is 20.2 Å². The van der Waals surface area contributed by atoms with Crippen LogP contribution in [0.2, 0.25) is 0 Å². The Balaban J connectivity index is 2.21. The number of anilines is 3. The number of carbonyl (C=O) groups excluding carboxylic acids is 1. The highest BCUT2D eigenvalue weighted by Gasteiger charge is 2.18. The summed E-state index contributed by atoms with van der Waals surface area (Å²) in [6.07, 6.45) is 5.44. The quantitative estimate of drug-likeness (QED) is 0.890. The van der Waals surface area contributed by atoms with E-state index in [1.807, 2.05) is 25.9 Å². The van der Waals surface area contributed by atoms with Crippen molar-refractivity contribution in [2.24, 2.45) is 0 Å². The molecule has 1 amide bonds. The van der Waals surface area contributed by atoms with E-state index >= 15 is 0 Å². The van der Waals surface area contributed by atoms with Gasteiger partial charge in [0.1, 0.15) is 5.69 Å². The standard InChI is InChI=1S/C14H23N5O/c1-4-7-12(20)16-11-10-15-14(17-13(11)18(2)3)19-8-5-6-9-19/h10H,4-9H2,1-3H3,(H,16,20). The molecule has 6 nitrogen and oxygen atoms in total. The molecule has 1 aromatic heterocycles. The van der Waals surface area contributed by atoms with Gasteiger partial charge in [0.25, 0.3) is 0 Å². The predicted molar refractivity (Wildman–Crippen MR) is 81.3 cm³/mol. The van der Waals surface area contributed by atoms with Crippen LogP contribution in [-0.2, 0) is 4.79 Å². The summed E-state index contributed by atoms with van der Waals surface area (Å²) in [5.74, 6) is 1.51. The van der Waals surface area contributed by atoms with Crippen molar-refractivity contribution in [2.75, 3.05) is 42.3 Å². The number of nitrogens with zero attached hydrogens (tertiary/aromatic N) is 4. The molecule has 1 aromatic rings. The fraction of sp³-hybridized carbons (Fsp3) is 0.643. The molecular weight excluding hydrogens is 254 g/mol.